The molecule has 1 aromatic carbocycles. The minimum Gasteiger partial charge on any atom is -0.461 e. The van der Waals surface area contributed by atoms with Crippen molar-refractivity contribution in [3.05, 3.63) is 35.9 Å². The van der Waals surface area contributed by atoms with E-state index in [1.807, 2.05) is 0 Å². The second-order valence-electron chi connectivity index (χ2n) is 5.78. The number of rotatable bonds is 9. The minimum absolute atomic E-state index is 0.134. The minimum atomic E-state index is -5.77. The lowest BCUT2D eigenvalue weighted by Crippen LogP contribution is -2.58. The Morgan fingerprint density at radius 1 is 0.966 bits per heavy atom. The standard InChI is InChI=1S/C17H17F7O5/c1-3-27-13(26)16(17(22,23)24,28-10-9-15(20,21)14(2,18)19)29-12(25)11-7-5-4-6-8-11/h4-8H,3,9-10H2,1-2H3. The van der Waals surface area contributed by atoms with Gasteiger partial charge in [-0.2, -0.15) is 22.0 Å². The molecule has 0 heterocycles. The number of benzene rings is 1. The number of carbonyl (C=O) groups is 2. The highest BCUT2D eigenvalue weighted by Crippen LogP contribution is 2.40. The number of carbonyl (C=O) groups excluding carboxylic acids is 2. The summed E-state index contributed by atoms with van der Waals surface area (Å²) in [5.41, 5.74) is -0.417. The van der Waals surface area contributed by atoms with Crippen molar-refractivity contribution in [3.8, 4) is 0 Å². The molecule has 0 fully saturated rings. The van der Waals surface area contributed by atoms with Crippen molar-refractivity contribution in [3.63, 3.8) is 0 Å². The van der Waals surface area contributed by atoms with E-state index in [2.05, 4.69) is 14.2 Å². The number of ether oxygens (including phenoxy) is 3. The number of esters is 2. The van der Waals surface area contributed by atoms with Crippen molar-refractivity contribution < 1.29 is 54.5 Å². The Morgan fingerprint density at radius 2 is 1.52 bits per heavy atom. The molecular formula is C17H17F7O5. The summed E-state index contributed by atoms with van der Waals surface area (Å²) in [5.74, 6) is -17.7. The average Bonchev–Trinajstić information content (AvgIpc) is 2.59. The van der Waals surface area contributed by atoms with Gasteiger partial charge in [-0.3, -0.25) is 0 Å². The van der Waals surface area contributed by atoms with Crippen molar-refractivity contribution in [2.45, 2.75) is 44.1 Å². The van der Waals surface area contributed by atoms with Crippen molar-refractivity contribution >= 4 is 11.9 Å². The lowest BCUT2D eigenvalue weighted by molar-refractivity contribution is -0.353. The summed E-state index contributed by atoms with van der Waals surface area (Å²) in [4.78, 5) is 24.0. The molecule has 0 aromatic heterocycles. The average molecular weight is 434 g/mol. The molecule has 0 bridgehead atoms. The van der Waals surface area contributed by atoms with E-state index < -0.39 is 60.9 Å². The predicted molar refractivity (Wildman–Crippen MR) is 83.4 cm³/mol. The van der Waals surface area contributed by atoms with Gasteiger partial charge in [-0.05, 0) is 19.1 Å². The first-order valence-electron chi connectivity index (χ1n) is 8.10. The molecule has 0 amide bonds. The van der Waals surface area contributed by atoms with Crippen LogP contribution in [0.25, 0.3) is 0 Å². The molecule has 0 aliphatic rings. The Labute approximate surface area is 160 Å². The zero-order valence-corrected chi connectivity index (χ0v) is 15.2. The van der Waals surface area contributed by atoms with E-state index in [-0.39, 0.29) is 6.92 Å². The summed E-state index contributed by atoms with van der Waals surface area (Å²) >= 11 is 0. The Kier molecular flexibility index (Phi) is 7.63. The summed E-state index contributed by atoms with van der Waals surface area (Å²) in [6.07, 6.45) is -7.66. The van der Waals surface area contributed by atoms with Crippen LogP contribution in [-0.4, -0.2) is 49.0 Å². The van der Waals surface area contributed by atoms with Gasteiger partial charge in [0.1, 0.15) is 0 Å². The SMILES string of the molecule is CCOC(=O)C(OCCC(F)(F)C(C)(F)F)(OC(=O)c1ccccc1)C(F)(F)F. The van der Waals surface area contributed by atoms with Gasteiger partial charge in [0.15, 0.2) is 0 Å². The normalized spacial score (nSPS) is 14.8. The Morgan fingerprint density at radius 3 is 1.97 bits per heavy atom. The molecule has 29 heavy (non-hydrogen) atoms. The third kappa shape index (κ3) is 5.81. The first-order valence-corrected chi connectivity index (χ1v) is 8.10. The van der Waals surface area contributed by atoms with Gasteiger partial charge in [-0.1, -0.05) is 18.2 Å². The lowest BCUT2D eigenvalue weighted by atomic mass is 10.1. The van der Waals surface area contributed by atoms with Crippen molar-refractivity contribution in [1.29, 1.82) is 0 Å². The van der Waals surface area contributed by atoms with Gasteiger partial charge in [0.25, 0.3) is 0 Å². The van der Waals surface area contributed by atoms with Gasteiger partial charge in [0.2, 0.25) is 0 Å². The fourth-order valence-corrected chi connectivity index (χ4v) is 1.92. The van der Waals surface area contributed by atoms with Crippen LogP contribution in [0, 0.1) is 0 Å². The molecule has 0 spiro atoms. The molecule has 0 saturated carbocycles. The number of hydrogen-bond acceptors (Lipinski definition) is 5. The van der Waals surface area contributed by atoms with Crippen molar-refractivity contribution in [1.82, 2.24) is 0 Å². The quantitative estimate of drug-likeness (QED) is 0.328. The fourth-order valence-electron chi connectivity index (χ4n) is 1.92. The van der Waals surface area contributed by atoms with Crippen LogP contribution in [0.2, 0.25) is 0 Å². The molecule has 5 nitrogen and oxygen atoms in total. The fraction of sp³-hybridized carbons (Fsp3) is 0.529. The van der Waals surface area contributed by atoms with Crippen LogP contribution >= 0.6 is 0 Å². The molecule has 164 valence electrons. The second kappa shape index (κ2) is 8.97. The van der Waals surface area contributed by atoms with E-state index >= 15 is 0 Å². The zero-order valence-electron chi connectivity index (χ0n) is 15.2. The van der Waals surface area contributed by atoms with Gasteiger partial charge in [-0.15, -0.1) is 0 Å². The lowest BCUT2D eigenvalue weighted by Gasteiger charge is -2.33. The van der Waals surface area contributed by atoms with E-state index in [1.54, 1.807) is 0 Å². The van der Waals surface area contributed by atoms with Crippen LogP contribution in [0.4, 0.5) is 30.7 Å². The maximum Gasteiger partial charge on any atom is 0.468 e. The summed E-state index contributed by atoms with van der Waals surface area (Å²) in [7, 11) is 0. The number of alkyl halides is 7. The summed E-state index contributed by atoms with van der Waals surface area (Å²) in [6.45, 7) is -1.31. The van der Waals surface area contributed by atoms with Crippen LogP contribution in [-0.2, 0) is 19.0 Å². The third-order valence-electron chi connectivity index (χ3n) is 3.53. The van der Waals surface area contributed by atoms with Crippen molar-refractivity contribution in [2.75, 3.05) is 13.2 Å². The van der Waals surface area contributed by atoms with E-state index in [4.69, 9.17) is 0 Å². The molecule has 0 aliphatic carbocycles. The van der Waals surface area contributed by atoms with Crippen LogP contribution in [0.15, 0.2) is 30.3 Å². The molecule has 0 N–H and O–H groups in total. The van der Waals surface area contributed by atoms with E-state index in [9.17, 15) is 40.3 Å². The maximum absolute atomic E-state index is 13.6. The highest BCUT2D eigenvalue weighted by molar-refractivity contribution is 5.92. The molecule has 12 heteroatoms. The van der Waals surface area contributed by atoms with Crippen LogP contribution in [0.3, 0.4) is 0 Å². The predicted octanol–water partition coefficient (Wildman–Crippen LogP) is 4.36. The second-order valence-corrected chi connectivity index (χ2v) is 5.78. The van der Waals surface area contributed by atoms with E-state index in [0.717, 1.165) is 19.1 Å². The Bertz CT molecular complexity index is 700. The monoisotopic (exact) mass is 434 g/mol. The van der Waals surface area contributed by atoms with Gasteiger partial charge in [-0.25, -0.2) is 18.4 Å². The van der Waals surface area contributed by atoms with Crippen LogP contribution in [0.5, 0.6) is 0 Å². The maximum atomic E-state index is 13.6. The third-order valence-corrected chi connectivity index (χ3v) is 3.53. The van der Waals surface area contributed by atoms with Gasteiger partial charge in [0.05, 0.1) is 18.8 Å². The van der Waals surface area contributed by atoms with Gasteiger partial charge in [0, 0.05) is 13.3 Å². The summed E-state index contributed by atoms with van der Waals surface area (Å²) in [5, 5.41) is 0. The van der Waals surface area contributed by atoms with Gasteiger partial charge < -0.3 is 14.2 Å². The largest absolute Gasteiger partial charge is 0.468 e. The first kappa shape index (κ1) is 24.7. The van der Waals surface area contributed by atoms with Crippen molar-refractivity contribution in [2.24, 2.45) is 0 Å². The smallest absolute Gasteiger partial charge is 0.461 e. The molecular weight excluding hydrogens is 417 g/mol. The topological polar surface area (TPSA) is 61.8 Å². The molecule has 0 radical (unpaired) electrons. The summed E-state index contributed by atoms with van der Waals surface area (Å²) in [6, 6.07) is 6.10. The summed E-state index contributed by atoms with van der Waals surface area (Å²) < 4.78 is 106. The molecule has 1 aromatic rings. The highest BCUT2D eigenvalue weighted by Gasteiger charge is 2.68. The first-order chi connectivity index (χ1) is 13.2. The van der Waals surface area contributed by atoms with Gasteiger partial charge >= 0.3 is 35.7 Å². The van der Waals surface area contributed by atoms with Crippen LogP contribution in [0.1, 0.15) is 30.6 Å². The zero-order chi connectivity index (χ0) is 22.5. The molecule has 1 atom stereocenters. The van der Waals surface area contributed by atoms with Crippen LogP contribution < -0.4 is 0 Å². The Balaban J connectivity index is 3.22. The Hall–Kier alpha value is -2.37. The molecule has 0 saturated heterocycles. The number of halogens is 7. The molecule has 1 rings (SSSR count). The number of hydrogen-bond donors (Lipinski definition) is 0. The molecule has 0 aliphatic heterocycles. The highest BCUT2D eigenvalue weighted by atomic mass is 19.4. The molecule has 1 unspecified atom stereocenters. The van der Waals surface area contributed by atoms with E-state index in [1.165, 1.54) is 18.2 Å². The van der Waals surface area contributed by atoms with E-state index in [0.29, 0.717) is 0 Å².